The van der Waals surface area contributed by atoms with Crippen molar-refractivity contribution >= 4 is 23.9 Å². The van der Waals surface area contributed by atoms with Gasteiger partial charge >= 0.3 is 23.9 Å². The molecule has 1 aliphatic rings. The minimum absolute atomic E-state index is 0.0393. The zero-order valence-electron chi connectivity index (χ0n) is 48.7. The van der Waals surface area contributed by atoms with Crippen LogP contribution in [0.1, 0.15) is 265 Å². The molecule has 1 heterocycles. The number of carbonyl (C=O) groups is 4. The van der Waals surface area contributed by atoms with Gasteiger partial charge < -0.3 is 39.0 Å². The van der Waals surface area contributed by atoms with Crippen LogP contribution in [-0.2, 0) is 42.9 Å². The molecule has 0 aromatic carbocycles. The predicted molar refractivity (Wildman–Crippen MR) is 312 cm³/mol. The lowest BCUT2D eigenvalue weighted by atomic mass is 9.98. The molecule has 0 radical (unpaired) electrons. The van der Waals surface area contributed by atoms with Crippen molar-refractivity contribution in [3.8, 4) is 0 Å². The molecule has 0 aromatic rings. The van der Waals surface area contributed by atoms with E-state index in [0.29, 0.717) is 19.3 Å². The maximum absolute atomic E-state index is 13.1. The Morgan fingerprint density at radius 1 is 0.442 bits per heavy atom. The number of unbranched alkanes of at least 4 members (excludes halogenated alkanes) is 26. The number of aliphatic carboxylic acids is 1. The van der Waals surface area contributed by atoms with Gasteiger partial charge in [-0.2, -0.15) is 0 Å². The van der Waals surface area contributed by atoms with E-state index in [1.54, 1.807) is 0 Å². The first-order chi connectivity index (χ1) is 37.6. The van der Waals surface area contributed by atoms with Crippen LogP contribution >= 0.6 is 0 Å². The van der Waals surface area contributed by atoms with Crippen molar-refractivity contribution in [1.29, 1.82) is 0 Å². The van der Waals surface area contributed by atoms with Gasteiger partial charge in [-0.1, -0.05) is 209 Å². The molecule has 12 heteroatoms. The minimum atomic E-state index is -1.91. The lowest BCUT2D eigenvalue weighted by molar-refractivity contribution is -0.301. The summed E-state index contributed by atoms with van der Waals surface area (Å²) in [5.41, 5.74) is 0. The molecular weight excluding hydrogens is 973 g/mol. The van der Waals surface area contributed by atoms with Gasteiger partial charge in [-0.3, -0.25) is 14.4 Å². The third kappa shape index (κ3) is 42.7. The number of aliphatic hydroxyl groups excluding tert-OH is 2. The average Bonchev–Trinajstić information content (AvgIpc) is 3.42. The topological polar surface area (TPSA) is 175 Å². The maximum atomic E-state index is 13.1. The molecule has 77 heavy (non-hydrogen) atoms. The van der Waals surface area contributed by atoms with Gasteiger partial charge in [0, 0.05) is 19.3 Å². The minimum Gasteiger partial charge on any atom is -0.479 e. The van der Waals surface area contributed by atoms with Crippen molar-refractivity contribution in [3.63, 3.8) is 0 Å². The maximum Gasteiger partial charge on any atom is 0.335 e. The zero-order valence-corrected chi connectivity index (χ0v) is 48.7. The SMILES string of the molecule is CC/C=C\C/C=C\C/C=C\CCCCCC(=O)OC(COC(=O)CCCCCCCCCCC/C=C\CCCCCCCC)COC1OC(C(=O)O)C(O)C(O)C1OC(=O)CCCCCCC/C=C\C/C=C\CCCCC. The van der Waals surface area contributed by atoms with Crippen LogP contribution in [0.2, 0.25) is 0 Å². The van der Waals surface area contributed by atoms with Crippen LogP contribution in [0.3, 0.4) is 0 Å². The van der Waals surface area contributed by atoms with Crippen LogP contribution in [-0.4, -0.2) is 89.2 Å². The number of esters is 3. The van der Waals surface area contributed by atoms with E-state index in [9.17, 15) is 34.5 Å². The van der Waals surface area contributed by atoms with Gasteiger partial charge in [0.25, 0.3) is 0 Å². The van der Waals surface area contributed by atoms with Crippen molar-refractivity contribution in [2.45, 2.75) is 302 Å². The van der Waals surface area contributed by atoms with E-state index < -0.39 is 67.3 Å². The number of aliphatic hydroxyl groups is 2. The lowest BCUT2D eigenvalue weighted by Crippen LogP contribution is -2.61. The summed E-state index contributed by atoms with van der Waals surface area (Å²) in [6, 6.07) is 0. The summed E-state index contributed by atoms with van der Waals surface area (Å²) >= 11 is 0. The second-order valence-corrected chi connectivity index (χ2v) is 20.9. The predicted octanol–water partition coefficient (Wildman–Crippen LogP) is 16.1. The van der Waals surface area contributed by atoms with E-state index in [4.69, 9.17) is 23.7 Å². The summed E-state index contributed by atoms with van der Waals surface area (Å²) in [5, 5.41) is 31.5. The summed E-state index contributed by atoms with van der Waals surface area (Å²) in [5.74, 6) is -3.17. The Kier molecular flexibility index (Phi) is 48.8. The third-order valence-corrected chi connectivity index (χ3v) is 13.7. The molecule has 0 aromatic heterocycles. The quantitative estimate of drug-likeness (QED) is 0.0228. The number of carboxylic acid groups (broad SMARTS) is 1. The smallest absolute Gasteiger partial charge is 0.335 e. The Labute approximate surface area is 468 Å². The van der Waals surface area contributed by atoms with Crippen LogP contribution in [0.4, 0.5) is 0 Å². The van der Waals surface area contributed by atoms with Crippen molar-refractivity contribution in [3.05, 3.63) is 72.9 Å². The molecule has 0 saturated carbocycles. The molecule has 6 atom stereocenters. The molecule has 0 amide bonds. The zero-order chi connectivity index (χ0) is 56.1. The molecule has 1 fully saturated rings. The molecular formula is C65H110O12. The van der Waals surface area contributed by atoms with E-state index in [2.05, 4.69) is 93.7 Å². The normalized spacial score (nSPS) is 18.5. The van der Waals surface area contributed by atoms with Crippen molar-refractivity contribution in [2.75, 3.05) is 13.2 Å². The van der Waals surface area contributed by atoms with Gasteiger partial charge in [0.2, 0.25) is 0 Å². The Hall–Kier alpha value is -3.84. The van der Waals surface area contributed by atoms with Gasteiger partial charge in [-0.05, 0) is 109 Å². The lowest BCUT2D eigenvalue weighted by Gasteiger charge is -2.40. The summed E-state index contributed by atoms with van der Waals surface area (Å²) in [7, 11) is 0. The largest absolute Gasteiger partial charge is 0.479 e. The monoisotopic (exact) mass is 1080 g/mol. The Morgan fingerprint density at radius 3 is 1.30 bits per heavy atom. The summed E-state index contributed by atoms with van der Waals surface area (Å²) in [4.78, 5) is 51.2. The second kappa shape index (κ2) is 52.8. The molecule has 1 rings (SSSR count). The highest BCUT2D eigenvalue weighted by Crippen LogP contribution is 2.26. The molecule has 12 nitrogen and oxygen atoms in total. The van der Waals surface area contributed by atoms with Crippen LogP contribution in [0.15, 0.2) is 72.9 Å². The molecule has 3 N–H and O–H groups in total. The van der Waals surface area contributed by atoms with Crippen LogP contribution < -0.4 is 0 Å². The molecule has 6 unspecified atom stereocenters. The van der Waals surface area contributed by atoms with E-state index in [1.165, 1.54) is 103 Å². The summed E-state index contributed by atoms with van der Waals surface area (Å²) < 4.78 is 28.4. The highest BCUT2D eigenvalue weighted by Gasteiger charge is 2.50. The van der Waals surface area contributed by atoms with Crippen molar-refractivity contribution in [2.24, 2.45) is 0 Å². The fourth-order valence-corrected chi connectivity index (χ4v) is 9.00. The Morgan fingerprint density at radius 2 is 0.818 bits per heavy atom. The standard InChI is InChI=1S/C65H110O12/c1-4-7-10-13-16-19-22-25-27-28-29-30-32-34-36-39-42-45-48-51-57(66)73-54-56(75-58(67)52-49-46-43-40-37-33-24-21-18-15-12-9-6-3)55-74-65-63(61(70)60(69)62(77-65)64(71)72)76-59(68)53-50-47-44-41-38-35-31-26-23-20-17-14-11-8-5-2/h9,12,17-18,20-21,25-27,31,33,37,56,60-63,65,69-70H,4-8,10-11,13-16,19,22-24,28-30,32,34-36,38-55H2,1-3H3,(H,71,72)/b12-9-,20-17-,21-18-,27-25-,31-26-,37-33-. The second-order valence-electron chi connectivity index (χ2n) is 20.9. The van der Waals surface area contributed by atoms with E-state index in [-0.39, 0.29) is 25.9 Å². The number of allylic oxidation sites excluding steroid dienone is 12. The molecule has 0 spiro atoms. The highest BCUT2D eigenvalue weighted by molar-refractivity contribution is 5.74. The van der Waals surface area contributed by atoms with Gasteiger partial charge in [-0.15, -0.1) is 0 Å². The summed E-state index contributed by atoms with van der Waals surface area (Å²) in [6.07, 6.45) is 54.4. The average molecular weight is 1080 g/mol. The Balaban J connectivity index is 2.68. The fraction of sp³-hybridized carbons (Fsp3) is 0.754. The van der Waals surface area contributed by atoms with Crippen LogP contribution in [0.5, 0.6) is 0 Å². The van der Waals surface area contributed by atoms with Gasteiger partial charge in [0.15, 0.2) is 24.6 Å². The molecule has 0 bridgehead atoms. The number of hydrogen-bond acceptors (Lipinski definition) is 11. The molecule has 1 aliphatic heterocycles. The number of ether oxygens (including phenoxy) is 5. The first kappa shape index (κ1) is 71.2. The first-order valence-corrected chi connectivity index (χ1v) is 30.9. The van der Waals surface area contributed by atoms with Crippen LogP contribution in [0, 0.1) is 0 Å². The van der Waals surface area contributed by atoms with Gasteiger partial charge in [-0.25, -0.2) is 4.79 Å². The molecule has 0 aliphatic carbocycles. The fourth-order valence-electron chi connectivity index (χ4n) is 9.00. The number of carbonyl (C=O) groups excluding carboxylic acids is 3. The first-order valence-electron chi connectivity index (χ1n) is 30.9. The number of rotatable bonds is 52. The van der Waals surface area contributed by atoms with Gasteiger partial charge in [0.05, 0.1) is 6.61 Å². The van der Waals surface area contributed by atoms with E-state index >= 15 is 0 Å². The van der Waals surface area contributed by atoms with E-state index in [1.807, 2.05) is 0 Å². The highest BCUT2D eigenvalue weighted by atomic mass is 16.7. The van der Waals surface area contributed by atoms with Crippen molar-refractivity contribution in [1.82, 2.24) is 0 Å². The van der Waals surface area contributed by atoms with Crippen LogP contribution in [0.25, 0.3) is 0 Å². The summed E-state index contributed by atoms with van der Waals surface area (Å²) in [6.45, 7) is 5.83. The molecule has 1 saturated heterocycles. The van der Waals surface area contributed by atoms with E-state index in [0.717, 1.165) is 103 Å². The number of carboxylic acids is 1. The van der Waals surface area contributed by atoms with Crippen molar-refractivity contribution < 1.29 is 58.2 Å². The third-order valence-electron chi connectivity index (χ3n) is 13.7. The van der Waals surface area contributed by atoms with Gasteiger partial charge in [0.1, 0.15) is 18.8 Å². The Bertz CT molecular complexity index is 1620. The number of hydrogen-bond donors (Lipinski definition) is 3. The molecule has 442 valence electrons.